The largest absolute Gasteiger partial charge is 0.375 e. The third-order valence-electron chi connectivity index (χ3n) is 7.19. The summed E-state index contributed by atoms with van der Waals surface area (Å²) in [5.41, 5.74) is 0.541. The molecule has 0 bridgehead atoms. The summed E-state index contributed by atoms with van der Waals surface area (Å²) < 4.78 is 35.0. The number of alkyl halides is 2. The zero-order valence-corrected chi connectivity index (χ0v) is 20.7. The van der Waals surface area contributed by atoms with Gasteiger partial charge in [0.25, 0.3) is 12.3 Å². The van der Waals surface area contributed by atoms with Gasteiger partial charge in [-0.25, -0.2) is 13.8 Å². The number of carbonyl (C=O) groups excluding carboxylic acids is 1. The number of rotatable bonds is 5. The van der Waals surface area contributed by atoms with Gasteiger partial charge < -0.3 is 15.0 Å². The minimum Gasteiger partial charge on any atom is -0.375 e. The normalized spacial score (nSPS) is 24.9. The van der Waals surface area contributed by atoms with E-state index in [1.165, 1.54) is 12.4 Å². The zero-order chi connectivity index (χ0) is 25.4. The Hall–Kier alpha value is -3.21. The van der Waals surface area contributed by atoms with Gasteiger partial charge in [-0.3, -0.25) is 9.48 Å². The highest BCUT2D eigenvalue weighted by Crippen LogP contribution is 2.34. The molecule has 2 aliphatic rings. The highest BCUT2D eigenvalue weighted by Gasteiger charge is 2.28. The van der Waals surface area contributed by atoms with Gasteiger partial charge in [0.15, 0.2) is 5.69 Å². The van der Waals surface area contributed by atoms with E-state index in [2.05, 4.69) is 32.4 Å². The quantitative estimate of drug-likeness (QED) is 0.540. The topological polar surface area (TPSA) is 98.1 Å². The maximum Gasteiger partial charge on any atom is 0.284 e. The molecular weight excluding hydrogens is 468 g/mol. The lowest BCUT2D eigenvalue weighted by molar-refractivity contribution is 0.0340. The Morgan fingerprint density at radius 1 is 1.17 bits per heavy atom. The van der Waals surface area contributed by atoms with E-state index >= 15 is 0 Å². The number of hydrogen-bond acceptors (Lipinski definition) is 7. The third kappa shape index (κ3) is 4.88. The van der Waals surface area contributed by atoms with Crippen molar-refractivity contribution in [3.63, 3.8) is 0 Å². The minimum atomic E-state index is -2.81. The van der Waals surface area contributed by atoms with Crippen molar-refractivity contribution < 1.29 is 18.3 Å². The lowest BCUT2D eigenvalue weighted by Crippen LogP contribution is -2.47. The van der Waals surface area contributed by atoms with Gasteiger partial charge >= 0.3 is 0 Å². The summed E-state index contributed by atoms with van der Waals surface area (Å²) in [6.07, 6.45) is 3.88. The Balaban J connectivity index is 1.44. The molecule has 4 heterocycles. The van der Waals surface area contributed by atoms with Gasteiger partial charge in [0, 0.05) is 12.7 Å². The molecule has 1 saturated heterocycles. The van der Waals surface area contributed by atoms with Crippen LogP contribution in [0.15, 0.2) is 24.5 Å². The Bertz CT molecular complexity index is 1240. The Morgan fingerprint density at radius 3 is 2.69 bits per heavy atom. The van der Waals surface area contributed by atoms with Crippen molar-refractivity contribution in [2.45, 2.75) is 71.1 Å². The summed E-state index contributed by atoms with van der Waals surface area (Å²) in [7, 11) is 0. The molecule has 11 heteroatoms. The van der Waals surface area contributed by atoms with Gasteiger partial charge in [0.1, 0.15) is 16.9 Å². The number of nitrogens with one attached hydrogen (secondary N) is 1. The maximum absolute atomic E-state index is 13.8. The fourth-order valence-corrected chi connectivity index (χ4v) is 5.03. The molecule has 0 unspecified atom stereocenters. The number of nitrogens with zero attached hydrogens (tertiary/aromatic N) is 6. The highest BCUT2D eigenvalue weighted by molar-refractivity contribution is 6.11. The van der Waals surface area contributed by atoms with Crippen LogP contribution in [-0.4, -0.2) is 56.2 Å². The van der Waals surface area contributed by atoms with E-state index in [4.69, 9.17) is 9.72 Å². The SMILES string of the molecule is CC1CCC(n2cc(NC(=O)c3cnnc4ccc(N5C[C@@H](C)OC[C@H]5C)nc34)c(C(F)F)n2)CC1. The van der Waals surface area contributed by atoms with Crippen LogP contribution in [0.4, 0.5) is 20.3 Å². The Morgan fingerprint density at radius 2 is 1.94 bits per heavy atom. The first kappa shape index (κ1) is 24.5. The first-order valence-corrected chi connectivity index (χ1v) is 12.5. The molecule has 192 valence electrons. The van der Waals surface area contributed by atoms with Crippen LogP contribution in [-0.2, 0) is 4.74 Å². The van der Waals surface area contributed by atoms with Crippen LogP contribution in [0.25, 0.3) is 11.0 Å². The lowest BCUT2D eigenvalue weighted by atomic mass is 9.87. The Kier molecular flexibility index (Phi) is 6.83. The molecule has 1 N–H and O–H groups in total. The summed E-state index contributed by atoms with van der Waals surface area (Å²) in [5, 5.41) is 14.8. The molecule has 5 rings (SSSR count). The molecule has 0 aromatic carbocycles. The average molecular weight is 500 g/mol. The number of anilines is 2. The number of pyridine rings is 1. The van der Waals surface area contributed by atoms with Crippen LogP contribution in [0.1, 0.15) is 75.0 Å². The molecule has 1 saturated carbocycles. The number of ether oxygens (including phenoxy) is 1. The second kappa shape index (κ2) is 10.0. The Labute approximate surface area is 208 Å². The van der Waals surface area contributed by atoms with E-state index in [1.54, 1.807) is 10.7 Å². The summed E-state index contributed by atoms with van der Waals surface area (Å²) in [6.45, 7) is 7.48. The summed E-state index contributed by atoms with van der Waals surface area (Å²) in [5.74, 6) is 0.737. The van der Waals surface area contributed by atoms with Gasteiger partial charge in [-0.05, 0) is 57.6 Å². The minimum absolute atomic E-state index is 0.00497. The molecule has 0 radical (unpaired) electrons. The van der Waals surface area contributed by atoms with E-state index < -0.39 is 18.0 Å². The number of amides is 1. The molecule has 1 aliphatic heterocycles. The predicted octanol–water partition coefficient (Wildman–Crippen LogP) is 4.78. The van der Waals surface area contributed by atoms with Crippen molar-refractivity contribution in [3.05, 3.63) is 35.8 Å². The van der Waals surface area contributed by atoms with Crippen molar-refractivity contribution in [1.82, 2.24) is 25.0 Å². The smallest absolute Gasteiger partial charge is 0.284 e. The second-order valence-corrected chi connectivity index (χ2v) is 10.0. The van der Waals surface area contributed by atoms with Crippen molar-refractivity contribution in [1.29, 1.82) is 0 Å². The van der Waals surface area contributed by atoms with Crippen molar-refractivity contribution in [2.24, 2.45) is 5.92 Å². The fraction of sp³-hybridized carbons (Fsp3) is 0.560. The molecule has 2 atom stereocenters. The van der Waals surface area contributed by atoms with Crippen LogP contribution >= 0.6 is 0 Å². The second-order valence-electron chi connectivity index (χ2n) is 10.0. The van der Waals surface area contributed by atoms with Gasteiger partial charge in [-0.15, -0.1) is 5.10 Å². The molecule has 0 spiro atoms. The molecule has 3 aromatic rings. The van der Waals surface area contributed by atoms with Crippen LogP contribution in [0, 0.1) is 5.92 Å². The first-order valence-electron chi connectivity index (χ1n) is 12.5. The number of hydrogen-bond donors (Lipinski definition) is 1. The fourth-order valence-electron chi connectivity index (χ4n) is 5.03. The summed E-state index contributed by atoms with van der Waals surface area (Å²) in [4.78, 5) is 20.2. The van der Waals surface area contributed by atoms with Gasteiger partial charge in [0.2, 0.25) is 0 Å². The maximum atomic E-state index is 13.8. The molecule has 1 aliphatic carbocycles. The van der Waals surface area contributed by atoms with E-state index in [-0.39, 0.29) is 29.4 Å². The van der Waals surface area contributed by atoms with Gasteiger partial charge in [-0.1, -0.05) is 6.92 Å². The average Bonchev–Trinajstić information content (AvgIpc) is 3.29. The van der Waals surface area contributed by atoms with Gasteiger partial charge in [0.05, 0.1) is 42.2 Å². The van der Waals surface area contributed by atoms with E-state index in [9.17, 15) is 13.6 Å². The third-order valence-corrected chi connectivity index (χ3v) is 7.19. The van der Waals surface area contributed by atoms with E-state index in [0.717, 1.165) is 25.7 Å². The number of fused-ring (bicyclic) bond motifs is 1. The molecule has 9 nitrogen and oxygen atoms in total. The van der Waals surface area contributed by atoms with Crippen LogP contribution in [0.3, 0.4) is 0 Å². The molecule has 1 amide bonds. The first-order chi connectivity index (χ1) is 17.3. The van der Waals surface area contributed by atoms with Crippen molar-refractivity contribution in [3.8, 4) is 0 Å². The molecule has 2 fully saturated rings. The van der Waals surface area contributed by atoms with Crippen LogP contribution < -0.4 is 10.2 Å². The van der Waals surface area contributed by atoms with E-state index in [0.29, 0.717) is 35.9 Å². The van der Waals surface area contributed by atoms with Crippen LogP contribution in [0.2, 0.25) is 0 Å². The zero-order valence-electron chi connectivity index (χ0n) is 20.7. The predicted molar refractivity (Wildman–Crippen MR) is 131 cm³/mol. The number of carbonyl (C=O) groups is 1. The van der Waals surface area contributed by atoms with Crippen LogP contribution in [0.5, 0.6) is 0 Å². The van der Waals surface area contributed by atoms with Gasteiger partial charge in [-0.2, -0.15) is 10.2 Å². The number of aromatic nitrogens is 5. The van der Waals surface area contributed by atoms with E-state index in [1.807, 2.05) is 19.9 Å². The number of halogens is 2. The molecule has 36 heavy (non-hydrogen) atoms. The van der Waals surface area contributed by atoms with Crippen molar-refractivity contribution >= 4 is 28.4 Å². The highest BCUT2D eigenvalue weighted by atomic mass is 19.3. The standard InChI is InChI=1S/C25H31F2N7O2/c1-14-4-6-17(7-5-14)34-12-20(23(32-34)24(26)27)29-25(35)18-10-28-31-19-8-9-21(30-22(18)19)33-11-16(3)36-13-15(33)2/h8-10,12,14-17,24H,4-7,11,13H2,1-3H3,(H,29,35)/t14?,15-,16-,17?/m1/s1. The molecule has 3 aromatic heterocycles. The monoisotopic (exact) mass is 499 g/mol. The van der Waals surface area contributed by atoms with Crippen molar-refractivity contribution in [2.75, 3.05) is 23.4 Å². The molecular formula is C25H31F2N7O2. The number of morpholine rings is 1. The summed E-state index contributed by atoms with van der Waals surface area (Å²) >= 11 is 0. The lowest BCUT2D eigenvalue weighted by Gasteiger charge is -2.37. The summed E-state index contributed by atoms with van der Waals surface area (Å²) in [6, 6.07) is 3.77.